The van der Waals surface area contributed by atoms with Crippen LogP contribution in [0.5, 0.6) is 0 Å². The Morgan fingerprint density at radius 1 is 1.33 bits per heavy atom. The van der Waals surface area contributed by atoms with Crippen LogP contribution in [0.1, 0.15) is 32.1 Å². The standard InChI is InChI=1S/C11H21NO2.ClH/c1-12-8-7-11(13)9-3-5-10(14-2)6-4-9;/h9-10,12H,3-8H2,1-2H3;1H. The van der Waals surface area contributed by atoms with Crippen LogP contribution in [0.25, 0.3) is 0 Å². The molecule has 1 aliphatic rings. The van der Waals surface area contributed by atoms with E-state index in [9.17, 15) is 4.79 Å². The van der Waals surface area contributed by atoms with E-state index in [1.54, 1.807) is 7.11 Å². The summed E-state index contributed by atoms with van der Waals surface area (Å²) in [7, 11) is 3.64. The first kappa shape index (κ1) is 14.9. The molecule has 1 fully saturated rings. The molecule has 0 radical (unpaired) electrons. The van der Waals surface area contributed by atoms with Crippen molar-refractivity contribution < 1.29 is 9.53 Å². The van der Waals surface area contributed by atoms with Crippen LogP contribution in [0.3, 0.4) is 0 Å². The van der Waals surface area contributed by atoms with Gasteiger partial charge in [0.1, 0.15) is 5.78 Å². The zero-order chi connectivity index (χ0) is 10.4. The molecule has 4 heteroatoms. The third kappa shape index (κ3) is 4.96. The molecule has 90 valence electrons. The number of carbonyl (C=O) groups excluding carboxylic acids is 1. The molecule has 0 unspecified atom stereocenters. The molecule has 15 heavy (non-hydrogen) atoms. The average Bonchev–Trinajstić information content (AvgIpc) is 2.26. The highest BCUT2D eigenvalue weighted by Crippen LogP contribution is 2.27. The molecule has 0 aliphatic heterocycles. The second-order valence-electron chi connectivity index (χ2n) is 4.03. The molecule has 0 saturated heterocycles. The Bertz CT molecular complexity index is 179. The molecule has 1 rings (SSSR count). The van der Waals surface area contributed by atoms with Crippen LogP contribution in [-0.2, 0) is 9.53 Å². The summed E-state index contributed by atoms with van der Waals surface area (Å²) in [5.41, 5.74) is 0. The zero-order valence-electron chi connectivity index (χ0n) is 9.62. The van der Waals surface area contributed by atoms with Crippen molar-refractivity contribution in [3.63, 3.8) is 0 Å². The maximum Gasteiger partial charge on any atom is 0.137 e. The van der Waals surface area contributed by atoms with Gasteiger partial charge < -0.3 is 10.1 Å². The van der Waals surface area contributed by atoms with Gasteiger partial charge in [-0.25, -0.2) is 0 Å². The summed E-state index contributed by atoms with van der Waals surface area (Å²) in [4.78, 5) is 11.7. The van der Waals surface area contributed by atoms with Crippen molar-refractivity contribution in [1.29, 1.82) is 0 Å². The maximum absolute atomic E-state index is 11.7. The van der Waals surface area contributed by atoms with Gasteiger partial charge in [0.05, 0.1) is 6.10 Å². The summed E-state index contributed by atoms with van der Waals surface area (Å²) >= 11 is 0. The number of ketones is 1. The van der Waals surface area contributed by atoms with Crippen LogP contribution in [0.4, 0.5) is 0 Å². The van der Waals surface area contributed by atoms with Crippen molar-refractivity contribution in [1.82, 2.24) is 5.32 Å². The number of halogens is 1. The van der Waals surface area contributed by atoms with E-state index in [1.807, 2.05) is 7.05 Å². The number of Topliss-reactive ketones (excluding diaryl/α,β-unsaturated/α-hetero) is 1. The van der Waals surface area contributed by atoms with E-state index < -0.39 is 0 Å². The van der Waals surface area contributed by atoms with E-state index in [0.29, 0.717) is 24.2 Å². The summed E-state index contributed by atoms with van der Waals surface area (Å²) in [6, 6.07) is 0. The second kappa shape index (κ2) is 8.08. The van der Waals surface area contributed by atoms with Gasteiger partial charge in [0, 0.05) is 26.0 Å². The Hall–Kier alpha value is -0.120. The summed E-state index contributed by atoms with van der Waals surface area (Å²) in [5.74, 6) is 0.726. The average molecular weight is 236 g/mol. The molecule has 0 aromatic rings. The Kier molecular flexibility index (Phi) is 8.02. The topological polar surface area (TPSA) is 38.3 Å². The molecule has 0 aromatic heterocycles. The van der Waals surface area contributed by atoms with Gasteiger partial charge in [-0.15, -0.1) is 12.4 Å². The Balaban J connectivity index is 0.00000196. The van der Waals surface area contributed by atoms with Crippen LogP contribution in [-0.4, -0.2) is 32.6 Å². The first-order valence-electron chi connectivity index (χ1n) is 5.48. The minimum Gasteiger partial charge on any atom is -0.381 e. The fraction of sp³-hybridized carbons (Fsp3) is 0.909. The Morgan fingerprint density at radius 2 is 1.93 bits per heavy atom. The number of methoxy groups -OCH3 is 1. The molecule has 0 amide bonds. The van der Waals surface area contributed by atoms with E-state index in [1.165, 1.54) is 0 Å². The van der Waals surface area contributed by atoms with Crippen molar-refractivity contribution in [3.05, 3.63) is 0 Å². The molecular formula is C11H22ClNO2. The SMILES string of the molecule is CNCCC(=O)C1CCC(OC)CC1.Cl. The van der Waals surface area contributed by atoms with Gasteiger partial charge in [0.2, 0.25) is 0 Å². The van der Waals surface area contributed by atoms with Crippen LogP contribution >= 0.6 is 12.4 Å². The molecule has 0 aromatic carbocycles. The van der Waals surface area contributed by atoms with Crippen LogP contribution < -0.4 is 5.32 Å². The Morgan fingerprint density at radius 3 is 2.40 bits per heavy atom. The van der Waals surface area contributed by atoms with Crippen LogP contribution in [0.2, 0.25) is 0 Å². The fourth-order valence-electron chi connectivity index (χ4n) is 2.07. The monoisotopic (exact) mass is 235 g/mol. The van der Waals surface area contributed by atoms with Crippen molar-refractivity contribution in [2.45, 2.75) is 38.2 Å². The second-order valence-corrected chi connectivity index (χ2v) is 4.03. The predicted octanol–water partition coefficient (Wildman–Crippen LogP) is 1.79. The van der Waals surface area contributed by atoms with Gasteiger partial charge in [-0.05, 0) is 32.7 Å². The lowest BCUT2D eigenvalue weighted by Crippen LogP contribution is -2.27. The molecule has 3 nitrogen and oxygen atoms in total. The lowest BCUT2D eigenvalue weighted by Gasteiger charge is -2.26. The zero-order valence-corrected chi connectivity index (χ0v) is 10.4. The normalized spacial score (nSPS) is 25.7. The van der Waals surface area contributed by atoms with E-state index in [2.05, 4.69) is 5.32 Å². The fourth-order valence-corrected chi connectivity index (χ4v) is 2.07. The van der Waals surface area contributed by atoms with Crippen molar-refractivity contribution in [2.75, 3.05) is 20.7 Å². The van der Waals surface area contributed by atoms with Gasteiger partial charge in [-0.2, -0.15) is 0 Å². The first-order chi connectivity index (χ1) is 6.77. The molecule has 0 bridgehead atoms. The maximum atomic E-state index is 11.7. The summed E-state index contributed by atoms with van der Waals surface area (Å²) in [6.07, 6.45) is 5.20. The van der Waals surface area contributed by atoms with Gasteiger partial charge in [0.15, 0.2) is 0 Å². The quantitative estimate of drug-likeness (QED) is 0.790. The van der Waals surface area contributed by atoms with Crippen molar-refractivity contribution in [3.8, 4) is 0 Å². The molecule has 0 atom stereocenters. The molecular weight excluding hydrogens is 214 g/mol. The summed E-state index contributed by atoms with van der Waals surface area (Å²) in [5, 5.41) is 3.01. The lowest BCUT2D eigenvalue weighted by molar-refractivity contribution is -0.124. The third-order valence-corrected chi connectivity index (χ3v) is 3.08. The van der Waals surface area contributed by atoms with Gasteiger partial charge in [-0.3, -0.25) is 4.79 Å². The summed E-state index contributed by atoms with van der Waals surface area (Å²) < 4.78 is 5.28. The molecule has 0 spiro atoms. The van der Waals surface area contributed by atoms with Crippen LogP contribution in [0.15, 0.2) is 0 Å². The Labute approximate surface area is 98.4 Å². The number of hydrogen-bond acceptors (Lipinski definition) is 3. The number of hydrogen-bond donors (Lipinski definition) is 1. The number of ether oxygens (including phenoxy) is 1. The van der Waals surface area contributed by atoms with Crippen LogP contribution in [0, 0.1) is 5.92 Å². The largest absolute Gasteiger partial charge is 0.381 e. The highest BCUT2D eigenvalue weighted by Gasteiger charge is 2.25. The minimum atomic E-state index is 0. The van der Waals surface area contributed by atoms with E-state index in [4.69, 9.17) is 4.74 Å². The molecule has 1 saturated carbocycles. The first-order valence-corrected chi connectivity index (χ1v) is 5.48. The van der Waals surface area contributed by atoms with E-state index >= 15 is 0 Å². The molecule has 1 N–H and O–H groups in total. The summed E-state index contributed by atoms with van der Waals surface area (Å²) in [6.45, 7) is 0.809. The molecule has 1 aliphatic carbocycles. The predicted molar refractivity (Wildman–Crippen MR) is 63.6 cm³/mol. The van der Waals surface area contributed by atoms with E-state index in [-0.39, 0.29) is 12.4 Å². The van der Waals surface area contributed by atoms with Gasteiger partial charge in [0.25, 0.3) is 0 Å². The number of rotatable bonds is 5. The lowest BCUT2D eigenvalue weighted by atomic mass is 9.84. The highest BCUT2D eigenvalue weighted by atomic mass is 35.5. The van der Waals surface area contributed by atoms with E-state index in [0.717, 1.165) is 32.2 Å². The highest BCUT2D eigenvalue weighted by molar-refractivity contribution is 5.85. The number of carbonyl (C=O) groups is 1. The minimum absolute atomic E-state index is 0. The van der Waals surface area contributed by atoms with Crippen molar-refractivity contribution >= 4 is 18.2 Å². The van der Waals surface area contributed by atoms with Gasteiger partial charge >= 0.3 is 0 Å². The van der Waals surface area contributed by atoms with Gasteiger partial charge in [-0.1, -0.05) is 0 Å². The molecule has 0 heterocycles. The van der Waals surface area contributed by atoms with Crippen molar-refractivity contribution in [2.24, 2.45) is 5.92 Å². The smallest absolute Gasteiger partial charge is 0.137 e. The third-order valence-electron chi connectivity index (χ3n) is 3.08. The number of nitrogens with one attached hydrogen (secondary N) is 1.